The van der Waals surface area contributed by atoms with Crippen molar-refractivity contribution in [3.8, 4) is 5.75 Å². The van der Waals surface area contributed by atoms with Gasteiger partial charge in [-0.1, -0.05) is 36.6 Å². The number of carbonyl (C=O) groups excluding carboxylic acids is 1. The van der Waals surface area contributed by atoms with Crippen LogP contribution in [0.5, 0.6) is 5.75 Å². The van der Waals surface area contributed by atoms with Crippen molar-refractivity contribution in [3.63, 3.8) is 0 Å². The summed E-state index contributed by atoms with van der Waals surface area (Å²) in [7, 11) is 0. The van der Waals surface area contributed by atoms with Gasteiger partial charge in [0.15, 0.2) is 6.61 Å². The van der Waals surface area contributed by atoms with Gasteiger partial charge in [-0.2, -0.15) is 0 Å². The molecule has 5 heteroatoms. The minimum atomic E-state index is -0.446. The molecular formula is C14H18ClNO3. The first kappa shape index (κ1) is 14.2. The number of carbonyl (C=O) groups is 1. The number of aliphatic hydroxyl groups excluding tert-OH is 1. The average molecular weight is 284 g/mol. The Bertz CT molecular complexity index is 438. The van der Waals surface area contributed by atoms with E-state index in [1.54, 1.807) is 24.3 Å². The van der Waals surface area contributed by atoms with Crippen LogP contribution in [-0.4, -0.2) is 29.8 Å². The van der Waals surface area contributed by atoms with Crippen molar-refractivity contribution in [3.05, 3.63) is 29.3 Å². The summed E-state index contributed by atoms with van der Waals surface area (Å²) in [6.07, 6.45) is 3.17. The van der Waals surface area contributed by atoms with E-state index in [9.17, 15) is 9.90 Å². The molecule has 19 heavy (non-hydrogen) atoms. The van der Waals surface area contributed by atoms with Crippen molar-refractivity contribution in [2.75, 3.05) is 6.61 Å². The number of rotatable bonds is 4. The van der Waals surface area contributed by atoms with Gasteiger partial charge in [-0.3, -0.25) is 4.79 Å². The predicted octanol–water partition coefficient (Wildman–Crippen LogP) is 2.14. The van der Waals surface area contributed by atoms with E-state index in [0.29, 0.717) is 10.8 Å². The van der Waals surface area contributed by atoms with Gasteiger partial charge in [-0.25, -0.2) is 0 Å². The topological polar surface area (TPSA) is 58.6 Å². The third-order valence-corrected chi connectivity index (χ3v) is 3.58. The summed E-state index contributed by atoms with van der Waals surface area (Å²) >= 11 is 5.93. The Balaban J connectivity index is 1.80. The van der Waals surface area contributed by atoms with E-state index in [4.69, 9.17) is 16.3 Å². The standard InChI is InChI=1S/C14H18ClNO3/c15-10-5-1-4-8-13(10)19-9-14(18)16-11-6-2-3-7-12(11)17/h1,4-5,8,11-12,17H,2-3,6-7,9H2,(H,16,18). The van der Waals surface area contributed by atoms with Gasteiger partial charge in [0, 0.05) is 0 Å². The summed E-state index contributed by atoms with van der Waals surface area (Å²) < 4.78 is 5.35. The van der Waals surface area contributed by atoms with Gasteiger partial charge in [0.25, 0.3) is 5.91 Å². The monoisotopic (exact) mass is 283 g/mol. The molecule has 1 aliphatic carbocycles. The van der Waals surface area contributed by atoms with Gasteiger partial charge in [0.2, 0.25) is 0 Å². The number of amides is 1. The number of nitrogens with one attached hydrogen (secondary N) is 1. The highest BCUT2D eigenvalue weighted by molar-refractivity contribution is 6.32. The number of halogens is 1. The Morgan fingerprint density at radius 3 is 2.84 bits per heavy atom. The first-order valence-corrected chi connectivity index (χ1v) is 6.89. The first-order chi connectivity index (χ1) is 9.16. The fourth-order valence-electron chi connectivity index (χ4n) is 2.23. The smallest absolute Gasteiger partial charge is 0.258 e. The second-order valence-electron chi connectivity index (χ2n) is 4.74. The highest BCUT2D eigenvalue weighted by Gasteiger charge is 2.24. The zero-order chi connectivity index (χ0) is 13.7. The molecule has 1 aliphatic rings. The first-order valence-electron chi connectivity index (χ1n) is 6.51. The van der Waals surface area contributed by atoms with E-state index in [-0.39, 0.29) is 18.6 Å². The summed E-state index contributed by atoms with van der Waals surface area (Å²) in [5.74, 6) is 0.259. The molecule has 0 heterocycles. The summed E-state index contributed by atoms with van der Waals surface area (Å²) in [6, 6.07) is 6.86. The Kier molecular flexibility index (Phi) is 5.05. The molecule has 0 radical (unpaired) electrons. The second kappa shape index (κ2) is 6.78. The zero-order valence-electron chi connectivity index (χ0n) is 10.6. The quantitative estimate of drug-likeness (QED) is 0.890. The van der Waals surface area contributed by atoms with Gasteiger partial charge in [0.05, 0.1) is 17.2 Å². The van der Waals surface area contributed by atoms with Crippen LogP contribution in [0, 0.1) is 0 Å². The van der Waals surface area contributed by atoms with Crippen LogP contribution < -0.4 is 10.1 Å². The number of aliphatic hydroxyl groups is 1. The lowest BCUT2D eigenvalue weighted by molar-refractivity contribution is -0.125. The molecule has 0 spiro atoms. The van der Waals surface area contributed by atoms with Crippen molar-refractivity contribution >= 4 is 17.5 Å². The van der Waals surface area contributed by atoms with E-state index >= 15 is 0 Å². The minimum absolute atomic E-state index is 0.0903. The lowest BCUT2D eigenvalue weighted by Gasteiger charge is -2.28. The minimum Gasteiger partial charge on any atom is -0.482 e. The second-order valence-corrected chi connectivity index (χ2v) is 5.15. The van der Waals surface area contributed by atoms with Crippen LogP contribution in [0.3, 0.4) is 0 Å². The van der Waals surface area contributed by atoms with Crippen LogP contribution in [-0.2, 0) is 4.79 Å². The van der Waals surface area contributed by atoms with Crippen molar-refractivity contribution in [2.24, 2.45) is 0 Å². The SMILES string of the molecule is O=C(COc1ccccc1Cl)NC1CCCCC1O. The highest BCUT2D eigenvalue weighted by atomic mass is 35.5. The van der Waals surface area contributed by atoms with Crippen LogP contribution in [0.15, 0.2) is 24.3 Å². The molecule has 0 aromatic heterocycles. The van der Waals surface area contributed by atoms with Crippen molar-refractivity contribution < 1.29 is 14.6 Å². The van der Waals surface area contributed by atoms with E-state index in [0.717, 1.165) is 25.7 Å². The van der Waals surface area contributed by atoms with Gasteiger partial charge in [0.1, 0.15) is 5.75 Å². The summed E-state index contributed by atoms with van der Waals surface area (Å²) in [5, 5.41) is 13.1. The summed E-state index contributed by atoms with van der Waals surface area (Å²) in [5.41, 5.74) is 0. The van der Waals surface area contributed by atoms with Gasteiger partial charge in [-0.15, -0.1) is 0 Å². The molecule has 1 saturated carbocycles. The predicted molar refractivity (Wildman–Crippen MR) is 73.4 cm³/mol. The number of para-hydroxylation sites is 1. The molecule has 2 rings (SSSR count). The Morgan fingerprint density at radius 2 is 2.11 bits per heavy atom. The largest absolute Gasteiger partial charge is 0.482 e. The maximum absolute atomic E-state index is 11.8. The lowest BCUT2D eigenvalue weighted by Crippen LogP contribution is -2.46. The molecule has 0 saturated heterocycles. The third kappa shape index (κ3) is 4.11. The molecule has 104 valence electrons. The van der Waals surface area contributed by atoms with Gasteiger partial charge in [-0.05, 0) is 25.0 Å². The van der Waals surface area contributed by atoms with Crippen molar-refractivity contribution in [1.29, 1.82) is 0 Å². The van der Waals surface area contributed by atoms with Crippen LogP contribution in [0.2, 0.25) is 5.02 Å². The Hall–Kier alpha value is -1.26. The Labute approximate surface area is 117 Å². The third-order valence-electron chi connectivity index (χ3n) is 3.27. The maximum Gasteiger partial charge on any atom is 0.258 e. The normalized spacial score (nSPS) is 22.8. The van der Waals surface area contributed by atoms with Gasteiger partial charge < -0.3 is 15.2 Å². The molecule has 4 nitrogen and oxygen atoms in total. The Morgan fingerprint density at radius 1 is 1.37 bits per heavy atom. The highest BCUT2D eigenvalue weighted by Crippen LogP contribution is 2.23. The zero-order valence-corrected chi connectivity index (χ0v) is 11.4. The van der Waals surface area contributed by atoms with Crippen LogP contribution in [0.4, 0.5) is 0 Å². The van der Waals surface area contributed by atoms with Crippen LogP contribution >= 0.6 is 11.6 Å². The average Bonchev–Trinajstić information content (AvgIpc) is 2.40. The number of benzene rings is 1. The molecule has 2 unspecified atom stereocenters. The molecule has 1 aromatic rings. The molecule has 1 amide bonds. The van der Waals surface area contributed by atoms with Crippen LogP contribution in [0.1, 0.15) is 25.7 Å². The van der Waals surface area contributed by atoms with Gasteiger partial charge >= 0.3 is 0 Å². The molecule has 2 atom stereocenters. The fraction of sp³-hybridized carbons (Fsp3) is 0.500. The van der Waals surface area contributed by atoms with E-state index in [1.807, 2.05) is 0 Å². The number of hydrogen-bond acceptors (Lipinski definition) is 3. The van der Waals surface area contributed by atoms with Crippen molar-refractivity contribution in [2.45, 2.75) is 37.8 Å². The van der Waals surface area contributed by atoms with E-state index in [2.05, 4.69) is 5.32 Å². The molecular weight excluding hydrogens is 266 g/mol. The summed E-state index contributed by atoms with van der Waals surface area (Å²) in [4.78, 5) is 11.8. The lowest BCUT2D eigenvalue weighted by atomic mass is 9.92. The summed E-state index contributed by atoms with van der Waals surface area (Å²) in [6.45, 7) is -0.0903. The number of hydrogen-bond donors (Lipinski definition) is 2. The molecule has 1 fully saturated rings. The molecule has 0 bridgehead atoms. The molecule has 0 aliphatic heterocycles. The molecule has 2 N–H and O–H groups in total. The van der Waals surface area contributed by atoms with E-state index < -0.39 is 6.10 Å². The maximum atomic E-state index is 11.8. The van der Waals surface area contributed by atoms with Crippen LogP contribution in [0.25, 0.3) is 0 Å². The fourth-order valence-corrected chi connectivity index (χ4v) is 2.42. The van der Waals surface area contributed by atoms with E-state index in [1.165, 1.54) is 0 Å². The number of ether oxygens (including phenoxy) is 1. The van der Waals surface area contributed by atoms with Crippen molar-refractivity contribution in [1.82, 2.24) is 5.32 Å². The molecule has 1 aromatic carbocycles.